The molecule has 0 saturated carbocycles. The molecule has 0 radical (unpaired) electrons. The van der Waals surface area contributed by atoms with E-state index in [4.69, 9.17) is 23.1 Å². The lowest BCUT2D eigenvalue weighted by atomic mass is 10.0. The molecule has 0 aliphatic carbocycles. The molecule has 1 fully saturated rings. The zero-order chi connectivity index (χ0) is 29.2. The number of aromatic nitrogens is 2. The number of hydrazine groups is 1. The average Bonchev–Trinajstić information content (AvgIpc) is 3.68. The molecule has 0 atom stereocenters. The van der Waals surface area contributed by atoms with Crippen LogP contribution in [0, 0.1) is 6.92 Å². The monoisotopic (exact) mass is 570 g/mol. The molecule has 0 spiro atoms. The number of nitrogens with zero attached hydrogens (tertiary/aromatic N) is 3. The summed E-state index contributed by atoms with van der Waals surface area (Å²) < 4.78 is 22.9. The van der Waals surface area contributed by atoms with Gasteiger partial charge in [-0.3, -0.25) is 9.58 Å². The van der Waals surface area contributed by atoms with E-state index in [9.17, 15) is 14.4 Å². The van der Waals surface area contributed by atoms with Crippen LogP contribution in [0.4, 0.5) is 5.69 Å². The van der Waals surface area contributed by atoms with E-state index in [2.05, 4.69) is 10.6 Å². The van der Waals surface area contributed by atoms with Gasteiger partial charge in [0.1, 0.15) is 6.54 Å². The first-order valence-electron chi connectivity index (χ1n) is 13.2. The molecule has 3 heterocycles. The van der Waals surface area contributed by atoms with Crippen LogP contribution in [0.25, 0.3) is 22.2 Å². The summed E-state index contributed by atoms with van der Waals surface area (Å²) >= 11 is 0. The molecule has 1 aliphatic heterocycles. The Morgan fingerprint density at radius 3 is 2.55 bits per heavy atom. The van der Waals surface area contributed by atoms with Gasteiger partial charge < -0.3 is 23.1 Å². The lowest BCUT2D eigenvalue weighted by Gasteiger charge is -2.18. The first kappa shape index (κ1) is 26.8. The minimum atomic E-state index is -0.855. The molecule has 0 bridgehead atoms. The van der Waals surface area contributed by atoms with E-state index in [-0.39, 0.29) is 36.2 Å². The number of fused-ring (bicyclic) bond motifs is 1. The van der Waals surface area contributed by atoms with Gasteiger partial charge >= 0.3 is 17.8 Å². The number of carbonyl (C=O) groups is 2. The molecule has 1 N–H and O–H groups in total. The lowest BCUT2D eigenvalue weighted by molar-refractivity contribution is -0.142. The van der Waals surface area contributed by atoms with E-state index in [0.717, 1.165) is 22.4 Å². The zero-order valence-corrected chi connectivity index (χ0v) is 22.8. The maximum absolute atomic E-state index is 13.2. The summed E-state index contributed by atoms with van der Waals surface area (Å²) in [5.41, 5.74) is 7.67. The number of imidazole rings is 1. The number of para-hydroxylation sites is 2. The maximum atomic E-state index is 13.2. The Kier molecular flexibility index (Phi) is 7.19. The first-order chi connectivity index (χ1) is 20.4. The van der Waals surface area contributed by atoms with Crippen LogP contribution in [-0.2, 0) is 27.5 Å². The van der Waals surface area contributed by atoms with Gasteiger partial charge in [0.2, 0.25) is 0 Å². The molecule has 5 aromatic rings. The van der Waals surface area contributed by atoms with E-state index in [1.807, 2.05) is 60.0 Å². The van der Waals surface area contributed by atoms with Gasteiger partial charge in [0, 0.05) is 5.56 Å². The van der Waals surface area contributed by atoms with E-state index in [1.165, 1.54) is 0 Å². The number of ether oxygens (including phenoxy) is 2. The SMILES string of the molecule is CCOc1nc2cccc(C(=O)OCc3oc(=O)oc3C)c2n1Cc1ccc(-c2ccccc2N2CC(=O)ON2)cc1. The number of rotatable bonds is 9. The second-order valence-electron chi connectivity index (χ2n) is 9.46. The zero-order valence-electron chi connectivity index (χ0n) is 22.8. The van der Waals surface area contributed by atoms with Crippen molar-refractivity contribution in [1.29, 1.82) is 0 Å². The molecule has 3 aromatic carbocycles. The Labute approximate surface area is 238 Å². The minimum Gasteiger partial charge on any atom is -0.465 e. The first-order valence-corrected chi connectivity index (χ1v) is 13.2. The molecular formula is C30H26N4O8. The van der Waals surface area contributed by atoms with Gasteiger partial charge in [-0.25, -0.2) is 14.4 Å². The second-order valence-corrected chi connectivity index (χ2v) is 9.46. The fourth-order valence-electron chi connectivity index (χ4n) is 4.79. The van der Waals surface area contributed by atoms with Crippen LogP contribution in [0.5, 0.6) is 6.01 Å². The van der Waals surface area contributed by atoms with Crippen LogP contribution in [0.15, 0.2) is 80.4 Å². The molecule has 214 valence electrons. The highest BCUT2D eigenvalue weighted by Crippen LogP contribution is 2.32. The van der Waals surface area contributed by atoms with Gasteiger partial charge in [-0.2, -0.15) is 4.98 Å². The summed E-state index contributed by atoms with van der Waals surface area (Å²) in [5, 5.41) is 1.65. The van der Waals surface area contributed by atoms with E-state index in [0.29, 0.717) is 30.2 Å². The van der Waals surface area contributed by atoms with Crippen LogP contribution >= 0.6 is 0 Å². The van der Waals surface area contributed by atoms with Gasteiger partial charge in [-0.05, 0) is 43.2 Å². The number of carbonyl (C=O) groups excluding carboxylic acids is 2. The van der Waals surface area contributed by atoms with Crippen molar-refractivity contribution in [2.75, 3.05) is 18.2 Å². The van der Waals surface area contributed by atoms with Gasteiger partial charge in [-0.15, -0.1) is 0 Å². The highest BCUT2D eigenvalue weighted by molar-refractivity contribution is 6.02. The van der Waals surface area contributed by atoms with Crippen molar-refractivity contribution in [1.82, 2.24) is 15.1 Å². The van der Waals surface area contributed by atoms with Crippen LogP contribution in [-0.4, -0.2) is 34.6 Å². The number of benzene rings is 3. The molecule has 0 amide bonds. The van der Waals surface area contributed by atoms with Crippen molar-refractivity contribution in [2.24, 2.45) is 0 Å². The predicted octanol–water partition coefficient (Wildman–Crippen LogP) is 4.14. The Morgan fingerprint density at radius 1 is 1.02 bits per heavy atom. The topological polar surface area (TPSA) is 138 Å². The highest BCUT2D eigenvalue weighted by atomic mass is 16.7. The van der Waals surface area contributed by atoms with Crippen LogP contribution in [0.1, 0.15) is 34.4 Å². The molecule has 12 nitrogen and oxygen atoms in total. The van der Waals surface area contributed by atoms with Crippen molar-refractivity contribution in [2.45, 2.75) is 27.0 Å². The van der Waals surface area contributed by atoms with Crippen molar-refractivity contribution in [3.8, 4) is 17.1 Å². The smallest absolute Gasteiger partial charge is 0.465 e. The standard InChI is InChI=1S/C30H26N4O8/c1-3-38-29-31-23-9-6-8-22(28(36)39-17-25-18(2)40-30(37)41-25)27(23)33(29)15-19-11-13-20(14-12-19)21-7-4-5-10-24(21)34-16-26(35)42-32-34/h4-14,32H,3,15-17H2,1-2H3. The number of nitrogens with one attached hydrogen (secondary N) is 1. The third-order valence-corrected chi connectivity index (χ3v) is 6.75. The summed E-state index contributed by atoms with van der Waals surface area (Å²) in [4.78, 5) is 45.7. The number of esters is 1. The predicted molar refractivity (Wildman–Crippen MR) is 150 cm³/mol. The van der Waals surface area contributed by atoms with Gasteiger partial charge in [-0.1, -0.05) is 54.1 Å². The fraction of sp³-hybridized carbons (Fsp3) is 0.200. The van der Waals surface area contributed by atoms with Gasteiger partial charge in [0.05, 0.1) is 35.4 Å². The summed E-state index contributed by atoms with van der Waals surface area (Å²) in [5.74, 6) is -1.43. The normalized spacial score (nSPS) is 13.0. The minimum absolute atomic E-state index is 0.101. The molecule has 1 saturated heterocycles. The second kappa shape index (κ2) is 11.3. The summed E-state index contributed by atoms with van der Waals surface area (Å²) in [6, 6.07) is 21.2. The van der Waals surface area contributed by atoms with Crippen LogP contribution in [0.3, 0.4) is 0 Å². The van der Waals surface area contributed by atoms with Crippen molar-refractivity contribution < 1.29 is 32.7 Å². The van der Waals surface area contributed by atoms with Gasteiger partial charge in [0.15, 0.2) is 18.1 Å². The third-order valence-electron chi connectivity index (χ3n) is 6.75. The number of hydrogen-bond donors (Lipinski definition) is 1. The van der Waals surface area contributed by atoms with E-state index >= 15 is 0 Å². The van der Waals surface area contributed by atoms with Crippen LogP contribution < -0.4 is 21.2 Å². The van der Waals surface area contributed by atoms with Crippen molar-refractivity contribution in [3.05, 3.63) is 100.0 Å². The van der Waals surface area contributed by atoms with Crippen LogP contribution in [0.2, 0.25) is 0 Å². The number of hydrogen-bond acceptors (Lipinski definition) is 11. The summed E-state index contributed by atoms with van der Waals surface area (Å²) in [7, 11) is 0. The van der Waals surface area contributed by atoms with Gasteiger partial charge in [0.25, 0.3) is 6.01 Å². The molecule has 6 rings (SSSR count). The lowest BCUT2D eigenvalue weighted by Crippen LogP contribution is -2.30. The molecular weight excluding hydrogens is 544 g/mol. The van der Waals surface area contributed by atoms with E-state index in [1.54, 1.807) is 30.1 Å². The maximum Gasteiger partial charge on any atom is 0.519 e. The average molecular weight is 571 g/mol. The summed E-state index contributed by atoms with van der Waals surface area (Å²) in [6.07, 6.45) is 0. The molecule has 1 aliphatic rings. The largest absolute Gasteiger partial charge is 0.519 e. The van der Waals surface area contributed by atoms with E-state index < -0.39 is 11.8 Å². The summed E-state index contributed by atoms with van der Waals surface area (Å²) in [6.45, 7) is 4.01. The number of aryl methyl sites for hydroxylation is 1. The molecule has 42 heavy (non-hydrogen) atoms. The van der Waals surface area contributed by atoms with Crippen molar-refractivity contribution >= 4 is 28.7 Å². The quantitative estimate of drug-likeness (QED) is 0.256. The van der Waals surface area contributed by atoms with Crippen molar-refractivity contribution in [3.63, 3.8) is 0 Å². The number of anilines is 1. The Morgan fingerprint density at radius 2 is 1.83 bits per heavy atom. The highest BCUT2D eigenvalue weighted by Gasteiger charge is 2.24. The Balaban J connectivity index is 1.30. The Hall–Kier alpha value is -5.36. The molecule has 12 heteroatoms. The molecule has 2 aromatic heterocycles. The Bertz CT molecular complexity index is 1840. The molecule has 0 unspecified atom stereocenters. The fourth-order valence-corrected chi connectivity index (χ4v) is 4.79. The third kappa shape index (κ3) is 5.22.